The number of carbonyl (C=O) groups is 1. The molecule has 2 heteroatoms. The Kier molecular flexibility index (Phi) is 2.20. The Labute approximate surface area is 110 Å². The summed E-state index contributed by atoms with van der Waals surface area (Å²) in [5, 5.41) is 4.91. The molecule has 0 saturated carbocycles. The van der Waals surface area contributed by atoms with Crippen LogP contribution in [0.4, 0.5) is 0 Å². The van der Waals surface area contributed by atoms with Crippen LogP contribution in [0.15, 0.2) is 48.5 Å². The van der Waals surface area contributed by atoms with Crippen molar-refractivity contribution in [1.82, 2.24) is 0 Å². The van der Waals surface area contributed by atoms with Crippen LogP contribution in [0.3, 0.4) is 0 Å². The SMILES string of the molecule is O=CC1OCc2c1ccc1c2ccc2ccccc21. The summed E-state index contributed by atoms with van der Waals surface area (Å²) in [6.07, 6.45) is 0.476. The zero-order valence-electron chi connectivity index (χ0n) is 10.3. The van der Waals surface area contributed by atoms with Crippen LogP contribution in [0.2, 0.25) is 0 Å². The lowest BCUT2D eigenvalue weighted by Crippen LogP contribution is -1.95. The van der Waals surface area contributed by atoms with E-state index in [4.69, 9.17) is 4.74 Å². The normalized spacial score (nSPS) is 17.8. The van der Waals surface area contributed by atoms with Crippen molar-refractivity contribution >= 4 is 27.8 Å². The van der Waals surface area contributed by atoms with Gasteiger partial charge in [0.25, 0.3) is 0 Å². The van der Waals surface area contributed by atoms with E-state index in [2.05, 4.69) is 36.4 Å². The van der Waals surface area contributed by atoms with Gasteiger partial charge in [-0.2, -0.15) is 0 Å². The van der Waals surface area contributed by atoms with Gasteiger partial charge in [-0.3, -0.25) is 0 Å². The summed E-state index contributed by atoms with van der Waals surface area (Å²) in [5.74, 6) is 0. The van der Waals surface area contributed by atoms with E-state index in [0.717, 1.165) is 17.4 Å². The van der Waals surface area contributed by atoms with Gasteiger partial charge in [0.15, 0.2) is 6.29 Å². The maximum atomic E-state index is 11.0. The molecular weight excluding hydrogens is 236 g/mol. The maximum Gasteiger partial charge on any atom is 0.153 e. The molecule has 0 radical (unpaired) electrons. The molecule has 92 valence electrons. The van der Waals surface area contributed by atoms with Crippen LogP contribution < -0.4 is 0 Å². The average molecular weight is 248 g/mol. The predicted molar refractivity (Wildman–Crippen MR) is 75.0 cm³/mol. The second-order valence-corrected chi connectivity index (χ2v) is 4.88. The van der Waals surface area contributed by atoms with Crippen molar-refractivity contribution in [3.63, 3.8) is 0 Å². The molecule has 1 aliphatic heterocycles. The fourth-order valence-electron chi connectivity index (χ4n) is 2.97. The van der Waals surface area contributed by atoms with Crippen LogP contribution in [-0.2, 0) is 16.1 Å². The topological polar surface area (TPSA) is 26.3 Å². The lowest BCUT2D eigenvalue weighted by Gasteiger charge is -2.08. The van der Waals surface area contributed by atoms with Crippen molar-refractivity contribution in [1.29, 1.82) is 0 Å². The Morgan fingerprint density at radius 2 is 1.79 bits per heavy atom. The average Bonchev–Trinajstić information content (AvgIpc) is 2.90. The minimum Gasteiger partial charge on any atom is -0.361 e. The number of benzene rings is 3. The molecular formula is C17H12O2. The summed E-state index contributed by atoms with van der Waals surface area (Å²) < 4.78 is 5.52. The third kappa shape index (κ3) is 1.44. The van der Waals surface area contributed by atoms with Crippen molar-refractivity contribution in [2.75, 3.05) is 0 Å². The third-order valence-corrected chi connectivity index (χ3v) is 3.91. The summed E-state index contributed by atoms with van der Waals surface area (Å²) in [7, 11) is 0. The first-order chi connectivity index (χ1) is 9.38. The zero-order valence-corrected chi connectivity index (χ0v) is 10.3. The number of hydrogen-bond donors (Lipinski definition) is 0. The quantitative estimate of drug-likeness (QED) is 0.484. The molecule has 0 aromatic heterocycles. The van der Waals surface area contributed by atoms with Crippen LogP contribution in [0.25, 0.3) is 21.5 Å². The summed E-state index contributed by atoms with van der Waals surface area (Å²) >= 11 is 0. The molecule has 0 bridgehead atoms. The minimum absolute atomic E-state index is 0.397. The largest absolute Gasteiger partial charge is 0.361 e. The fraction of sp³-hybridized carbons (Fsp3) is 0.118. The van der Waals surface area contributed by atoms with E-state index in [1.54, 1.807) is 0 Å². The first-order valence-corrected chi connectivity index (χ1v) is 6.38. The van der Waals surface area contributed by atoms with Crippen LogP contribution in [0, 0.1) is 0 Å². The van der Waals surface area contributed by atoms with Crippen LogP contribution in [-0.4, -0.2) is 6.29 Å². The number of ether oxygens (including phenoxy) is 1. The standard InChI is InChI=1S/C17H12O2/c18-9-17-15-8-7-13-12-4-2-1-3-11(12)5-6-14(13)16(15)10-19-17/h1-9,17H,10H2. The minimum atomic E-state index is -0.397. The van der Waals surface area contributed by atoms with Gasteiger partial charge in [0.1, 0.15) is 6.10 Å². The van der Waals surface area contributed by atoms with E-state index in [1.807, 2.05) is 12.1 Å². The summed E-state index contributed by atoms with van der Waals surface area (Å²) in [6, 6.07) is 16.7. The van der Waals surface area contributed by atoms with Crippen molar-refractivity contribution in [2.45, 2.75) is 12.7 Å². The van der Waals surface area contributed by atoms with E-state index >= 15 is 0 Å². The van der Waals surface area contributed by atoms with Gasteiger partial charge in [-0.05, 0) is 32.7 Å². The Bertz CT molecular complexity index is 805. The molecule has 0 fully saturated rings. The number of aldehydes is 1. The van der Waals surface area contributed by atoms with Gasteiger partial charge in [-0.1, -0.05) is 48.5 Å². The van der Waals surface area contributed by atoms with E-state index in [1.165, 1.54) is 21.5 Å². The first kappa shape index (κ1) is 10.7. The Hall–Kier alpha value is -2.19. The summed E-state index contributed by atoms with van der Waals surface area (Å²) in [5.41, 5.74) is 2.16. The van der Waals surface area contributed by atoms with Crippen molar-refractivity contribution in [3.8, 4) is 0 Å². The Morgan fingerprint density at radius 3 is 2.68 bits per heavy atom. The number of rotatable bonds is 1. The molecule has 4 rings (SSSR count). The number of carbonyl (C=O) groups excluding carboxylic acids is 1. The van der Waals surface area contributed by atoms with Gasteiger partial charge in [0.05, 0.1) is 6.61 Å². The van der Waals surface area contributed by atoms with Gasteiger partial charge in [0.2, 0.25) is 0 Å². The molecule has 2 nitrogen and oxygen atoms in total. The smallest absolute Gasteiger partial charge is 0.153 e. The van der Waals surface area contributed by atoms with Crippen molar-refractivity contribution < 1.29 is 9.53 Å². The van der Waals surface area contributed by atoms with Crippen LogP contribution in [0.5, 0.6) is 0 Å². The molecule has 1 atom stereocenters. The lowest BCUT2D eigenvalue weighted by atomic mass is 9.95. The van der Waals surface area contributed by atoms with E-state index < -0.39 is 6.10 Å². The van der Waals surface area contributed by atoms with E-state index in [0.29, 0.717) is 6.61 Å². The van der Waals surface area contributed by atoms with Gasteiger partial charge in [-0.15, -0.1) is 0 Å². The maximum absolute atomic E-state index is 11.0. The van der Waals surface area contributed by atoms with E-state index in [9.17, 15) is 4.79 Å². The second-order valence-electron chi connectivity index (χ2n) is 4.88. The molecule has 19 heavy (non-hydrogen) atoms. The molecule has 0 amide bonds. The number of fused-ring (bicyclic) bond motifs is 5. The van der Waals surface area contributed by atoms with E-state index in [-0.39, 0.29) is 0 Å². The van der Waals surface area contributed by atoms with Crippen LogP contribution >= 0.6 is 0 Å². The van der Waals surface area contributed by atoms with Gasteiger partial charge in [0, 0.05) is 0 Å². The van der Waals surface area contributed by atoms with Gasteiger partial charge in [-0.25, -0.2) is 0 Å². The number of hydrogen-bond acceptors (Lipinski definition) is 2. The molecule has 1 aliphatic rings. The highest BCUT2D eigenvalue weighted by Gasteiger charge is 2.24. The van der Waals surface area contributed by atoms with Crippen molar-refractivity contribution in [2.24, 2.45) is 0 Å². The molecule has 1 unspecified atom stereocenters. The molecule has 0 aliphatic carbocycles. The molecule has 0 spiro atoms. The highest BCUT2D eigenvalue weighted by atomic mass is 16.5. The second kappa shape index (κ2) is 3.90. The molecule has 0 saturated heterocycles. The first-order valence-electron chi connectivity index (χ1n) is 6.38. The zero-order chi connectivity index (χ0) is 12.8. The molecule has 0 N–H and O–H groups in total. The van der Waals surface area contributed by atoms with Crippen molar-refractivity contribution in [3.05, 3.63) is 59.7 Å². The monoisotopic (exact) mass is 248 g/mol. The highest BCUT2D eigenvalue weighted by Crippen LogP contribution is 2.37. The summed E-state index contributed by atoms with van der Waals surface area (Å²) in [4.78, 5) is 11.0. The Balaban J connectivity index is 2.12. The molecule has 3 aromatic carbocycles. The van der Waals surface area contributed by atoms with Gasteiger partial charge < -0.3 is 9.53 Å². The molecule has 3 aromatic rings. The van der Waals surface area contributed by atoms with Gasteiger partial charge >= 0.3 is 0 Å². The van der Waals surface area contributed by atoms with Crippen LogP contribution in [0.1, 0.15) is 17.2 Å². The third-order valence-electron chi connectivity index (χ3n) is 3.91. The predicted octanol–water partition coefficient (Wildman–Crippen LogP) is 3.76. The summed E-state index contributed by atoms with van der Waals surface area (Å²) in [6.45, 7) is 0.522. The fourth-order valence-corrected chi connectivity index (χ4v) is 2.97. The highest BCUT2D eigenvalue weighted by molar-refractivity contribution is 6.08. The lowest BCUT2D eigenvalue weighted by molar-refractivity contribution is -0.117. The molecule has 1 heterocycles. The Morgan fingerprint density at radius 1 is 0.947 bits per heavy atom.